The molecule has 0 saturated carbocycles. The van der Waals surface area contributed by atoms with Gasteiger partial charge in [-0.3, -0.25) is 4.79 Å². The molecular weight excluding hydrogens is 352 g/mol. The van der Waals surface area contributed by atoms with Gasteiger partial charge in [-0.15, -0.1) is 0 Å². The largest absolute Gasteiger partial charge is 0.497 e. The molecule has 0 bridgehead atoms. The van der Waals surface area contributed by atoms with Crippen LogP contribution in [0.1, 0.15) is 29.6 Å². The second-order valence-electron chi connectivity index (χ2n) is 5.73. The first-order valence-corrected chi connectivity index (χ1v) is 9.18. The van der Waals surface area contributed by atoms with E-state index in [4.69, 9.17) is 9.47 Å². The van der Waals surface area contributed by atoms with Gasteiger partial charge in [0.05, 0.1) is 12.7 Å². The molecule has 2 aliphatic heterocycles. The fourth-order valence-electron chi connectivity index (χ4n) is 3.15. The first-order valence-electron chi connectivity index (χ1n) is 7.23. The fourth-order valence-corrected chi connectivity index (χ4v) is 4.98. The van der Waals surface area contributed by atoms with E-state index in [0.717, 1.165) is 46.6 Å². The molecule has 0 radical (unpaired) electrons. The van der Waals surface area contributed by atoms with Crippen LogP contribution in [0.25, 0.3) is 0 Å². The number of methoxy groups -OCH3 is 1. The van der Waals surface area contributed by atoms with Crippen LogP contribution in [0.4, 0.5) is 0 Å². The Bertz CT molecular complexity index is 540. The number of hydrogen-bond donors (Lipinski definition) is 0. The lowest BCUT2D eigenvalue weighted by Crippen LogP contribution is -2.42. The van der Waals surface area contributed by atoms with Crippen molar-refractivity contribution in [1.29, 1.82) is 0 Å². The molecule has 21 heavy (non-hydrogen) atoms. The van der Waals surface area contributed by atoms with Crippen molar-refractivity contribution in [1.82, 2.24) is 0 Å². The predicted molar refractivity (Wildman–Crippen MR) is 88.4 cm³/mol. The molecule has 114 valence electrons. The third-order valence-corrected chi connectivity index (χ3v) is 6.28. The van der Waals surface area contributed by atoms with Crippen LogP contribution >= 0.6 is 27.7 Å². The van der Waals surface area contributed by atoms with Crippen LogP contribution in [0.2, 0.25) is 0 Å². The number of thioether (sulfide) groups is 1. The molecule has 1 aromatic rings. The predicted octanol–water partition coefficient (Wildman–Crippen LogP) is 3.94. The van der Waals surface area contributed by atoms with Crippen LogP contribution in [-0.4, -0.2) is 36.6 Å². The molecule has 3 rings (SSSR count). The third kappa shape index (κ3) is 3.15. The number of carbonyl (C=O) groups is 1. The highest BCUT2D eigenvalue weighted by Crippen LogP contribution is 2.41. The zero-order valence-corrected chi connectivity index (χ0v) is 14.5. The van der Waals surface area contributed by atoms with Gasteiger partial charge in [-0.1, -0.05) is 15.9 Å². The minimum Gasteiger partial charge on any atom is -0.497 e. The summed E-state index contributed by atoms with van der Waals surface area (Å²) in [6.45, 7) is 0.693. The molecule has 2 unspecified atom stereocenters. The van der Waals surface area contributed by atoms with Gasteiger partial charge in [-0.05, 0) is 43.2 Å². The Hall–Kier alpha value is -0.520. The van der Waals surface area contributed by atoms with Crippen molar-refractivity contribution in [2.75, 3.05) is 25.2 Å². The average molecular weight is 371 g/mol. The first-order chi connectivity index (χ1) is 10.1. The molecule has 2 heterocycles. The van der Waals surface area contributed by atoms with E-state index in [2.05, 4.69) is 15.9 Å². The van der Waals surface area contributed by atoms with E-state index in [1.54, 1.807) is 7.11 Å². The Morgan fingerprint density at radius 3 is 3.10 bits per heavy atom. The molecule has 5 heteroatoms. The third-order valence-electron chi connectivity index (χ3n) is 4.37. The van der Waals surface area contributed by atoms with Crippen LogP contribution in [-0.2, 0) is 4.74 Å². The minimum absolute atomic E-state index is 0.0563. The Morgan fingerprint density at radius 2 is 2.38 bits per heavy atom. The van der Waals surface area contributed by atoms with Crippen LogP contribution < -0.4 is 4.74 Å². The van der Waals surface area contributed by atoms with E-state index in [0.29, 0.717) is 6.61 Å². The standard InChI is InChI=1S/C16H19BrO3S/c1-19-12-2-3-14(17)13(8-12)15(18)11-4-6-20-16(9-11)5-7-21-10-16/h2-3,8,11H,4-7,9-10H2,1H3. The molecule has 0 N–H and O–H groups in total. The molecule has 2 fully saturated rings. The lowest BCUT2D eigenvalue weighted by atomic mass is 9.81. The zero-order valence-electron chi connectivity index (χ0n) is 12.1. The van der Waals surface area contributed by atoms with E-state index < -0.39 is 0 Å². The van der Waals surface area contributed by atoms with Crippen molar-refractivity contribution in [3.8, 4) is 5.75 Å². The highest BCUT2D eigenvalue weighted by atomic mass is 79.9. The van der Waals surface area contributed by atoms with Gasteiger partial charge >= 0.3 is 0 Å². The van der Waals surface area contributed by atoms with Gasteiger partial charge in [0.25, 0.3) is 0 Å². The highest BCUT2D eigenvalue weighted by molar-refractivity contribution is 9.10. The molecule has 2 aliphatic rings. The summed E-state index contributed by atoms with van der Waals surface area (Å²) in [6, 6.07) is 5.57. The summed E-state index contributed by atoms with van der Waals surface area (Å²) < 4.78 is 12.1. The number of ketones is 1. The van der Waals surface area contributed by atoms with Gasteiger partial charge in [0.1, 0.15) is 5.75 Å². The van der Waals surface area contributed by atoms with E-state index >= 15 is 0 Å². The molecular formula is C16H19BrO3S. The van der Waals surface area contributed by atoms with Crippen molar-refractivity contribution >= 4 is 33.5 Å². The Morgan fingerprint density at radius 1 is 1.52 bits per heavy atom. The lowest BCUT2D eigenvalue weighted by Gasteiger charge is -2.37. The number of Topliss-reactive ketones (excluding diaryl/α,β-unsaturated/α-hetero) is 1. The lowest BCUT2D eigenvalue weighted by molar-refractivity contribution is -0.0734. The number of halogens is 1. The number of rotatable bonds is 3. The number of hydrogen-bond acceptors (Lipinski definition) is 4. The van der Waals surface area contributed by atoms with Gasteiger partial charge in [0.15, 0.2) is 5.78 Å². The van der Waals surface area contributed by atoms with Crippen LogP contribution in [0.3, 0.4) is 0 Å². The van der Waals surface area contributed by atoms with Gasteiger partial charge < -0.3 is 9.47 Å². The summed E-state index contributed by atoms with van der Waals surface area (Å²) in [6.07, 6.45) is 2.73. The van der Waals surface area contributed by atoms with Gasteiger partial charge in [-0.2, -0.15) is 11.8 Å². The van der Waals surface area contributed by atoms with Crippen LogP contribution in [0, 0.1) is 5.92 Å². The average Bonchev–Trinajstić information content (AvgIpc) is 2.95. The van der Waals surface area contributed by atoms with E-state index in [1.165, 1.54) is 0 Å². The quantitative estimate of drug-likeness (QED) is 0.754. The summed E-state index contributed by atoms with van der Waals surface area (Å²) in [7, 11) is 1.62. The highest BCUT2D eigenvalue weighted by Gasteiger charge is 2.42. The number of ether oxygens (including phenoxy) is 2. The second-order valence-corrected chi connectivity index (χ2v) is 7.69. The zero-order chi connectivity index (χ0) is 14.9. The summed E-state index contributed by atoms with van der Waals surface area (Å²) in [4.78, 5) is 12.9. The van der Waals surface area contributed by atoms with Gasteiger partial charge in [0.2, 0.25) is 0 Å². The molecule has 2 saturated heterocycles. The van der Waals surface area contributed by atoms with Crippen LogP contribution in [0.15, 0.2) is 22.7 Å². The molecule has 2 atom stereocenters. The second kappa shape index (κ2) is 6.31. The van der Waals surface area contributed by atoms with E-state index in [-0.39, 0.29) is 17.3 Å². The van der Waals surface area contributed by atoms with Crippen molar-refractivity contribution < 1.29 is 14.3 Å². The number of benzene rings is 1. The van der Waals surface area contributed by atoms with Crippen molar-refractivity contribution in [2.24, 2.45) is 5.92 Å². The Labute approximate surface area is 137 Å². The molecule has 0 aliphatic carbocycles. The van der Waals surface area contributed by atoms with Crippen LogP contribution in [0.5, 0.6) is 5.75 Å². The maximum Gasteiger partial charge on any atom is 0.167 e. The Kier molecular flexibility index (Phi) is 4.62. The smallest absolute Gasteiger partial charge is 0.167 e. The summed E-state index contributed by atoms with van der Waals surface area (Å²) in [5.41, 5.74) is 0.663. The normalized spacial score (nSPS) is 28.8. The Balaban J connectivity index is 1.81. The summed E-state index contributed by atoms with van der Waals surface area (Å²) in [5.74, 6) is 3.15. The summed E-state index contributed by atoms with van der Waals surface area (Å²) >= 11 is 5.42. The number of carbonyl (C=O) groups excluding carboxylic acids is 1. The molecule has 3 nitrogen and oxygen atoms in total. The molecule has 1 spiro atoms. The van der Waals surface area contributed by atoms with Gasteiger partial charge in [-0.25, -0.2) is 0 Å². The van der Waals surface area contributed by atoms with Crippen molar-refractivity contribution in [3.05, 3.63) is 28.2 Å². The molecule has 0 aromatic heterocycles. The SMILES string of the molecule is COc1ccc(Br)c(C(=O)C2CCOC3(CCSC3)C2)c1. The maximum absolute atomic E-state index is 12.9. The van der Waals surface area contributed by atoms with Crippen molar-refractivity contribution in [3.63, 3.8) is 0 Å². The molecule has 1 aromatic carbocycles. The minimum atomic E-state index is -0.0609. The van der Waals surface area contributed by atoms with E-state index in [1.807, 2.05) is 30.0 Å². The topological polar surface area (TPSA) is 35.5 Å². The van der Waals surface area contributed by atoms with Gasteiger partial charge in [0, 0.05) is 28.3 Å². The first kappa shape index (κ1) is 15.4. The fraction of sp³-hybridized carbons (Fsp3) is 0.562. The van der Waals surface area contributed by atoms with Crippen molar-refractivity contribution in [2.45, 2.75) is 24.9 Å². The maximum atomic E-state index is 12.9. The summed E-state index contributed by atoms with van der Waals surface area (Å²) in [5, 5.41) is 0. The monoisotopic (exact) mass is 370 g/mol. The van der Waals surface area contributed by atoms with E-state index in [9.17, 15) is 4.79 Å². The molecule has 0 amide bonds.